The molecule has 0 N–H and O–H groups in total. The van der Waals surface area contributed by atoms with Crippen molar-refractivity contribution in [1.29, 1.82) is 0 Å². The molecule has 2 heterocycles. The Morgan fingerprint density at radius 1 is 1.30 bits per heavy atom. The van der Waals surface area contributed by atoms with Gasteiger partial charge in [0.15, 0.2) is 0 Å². The summed E-state index contributed by atoms with van der Waals surface area (Å²) in [7, 11) is 4.15. The zero-order valence-corrected chi connectivity index (χ0v) is 16.6. The molecule has 0 atom stereocenters. The third kappa shape index (κ3) is 5.08. The second kappa shape index (κ2) is 8.85. The van der Waals surface area contributed by atoms with Gasteiger partial charge in [-0.25, -0.2) is 9.37 Å². The first-order valence-electron chi connectivity index (χ1n) is 9.35. The second-order valence-electron chi connectivity index (χ2n) is 7.36. The van der Waals surface area contributed by atoms with Gasteiger partial charge in [-0.15, -0.1) is 0 Å². The van der Waals surface area contributed by atoms with E-state index in [1.807, 2.05) is 12.4 Å². The van der Waals surface area contributed by atoms with Crippen molar-refractivity contribution in [2.24, 2.45) is 0 Å². The van der Waals surface area contributed by atoms with E-state index in [0.717, 1.165) is 38.2 Å². The quantitative estimate of drug-likeness (QED) is 0.753. The highest BCUT2D eigenvalue weighted by atomic mass is 35.5. The Morgan fingerprint density at radius 2 is 2.04 bits per heavy atom. The Hall–Kier alpha value is -1.92. The fourth-order valence-corrected chi connectivity index (χ4v) is 3.85. The average molecular weight is 393 g/mol. The zero-order chi connectivity index (χ0) is 19.4. The summed E-state index contributed by atoms with van der Waals surface area (Å²) >= 11 is 5.88. The predicted molar refractivity (Wildman–Crippen MR) is 105 cm³/mol. The minimum atomic E-state index is -0.486. The Kier molecular flexibility index (Phi) is 6.50. The number of carbonyl (C=O) groups is 1. The third-order valence-electron chi connectivity index (χ3n) is 5.01. The molecular formula is C20H26ClFN4O. The van der Waals surface area contributed by atoms with E-state index in [1.54, 1.807) is 4.90 Å². The number of nitrogens with zero attached hydrogens (tertiary/aromatic N) is 4. The summed E-state index contributed by atoms with van der Waals surface area (Å²) in [6, 6.07) is 3.98. The first-order chi connectivity index (χ1) is 12.9. The van der Waals surface area contributed by atoms with Crippen LogP contribution >= 0.6 is 11.6 Å². The van der Waals surface area contributed by atoms with E-state index in [-0.39, 0.29) is 10.9 Å². The van der Waals surface area contributed by atoms with Crippen molar-refractivity contribution < 1.29 is 9.18 Å². The van der Waals surface area contributed by atoms with Crippen molar-refractivity contribution in [2.75, 3.05) is 33.7 Å². The number of imidazole rings is 1. The van der Waals surface area contributed by atoms with Gasteiger partial charge in [0.2, 0.25) is 0 Å². The monoisotopic (exact) mass is 392 g/mol. The number of rotatable bonds is 6. The maximum atomic E-state index is 13.5. The molecule has 1 aliphatic heterocycles. The van der Waals surface area contributed by atoms with Crippen molar-refractivity contribution in [3.63, 3.8) is 0 Å². The Morgan fingerprint density at radius 3 is 2.70 bits per heavy atom. The summed E-state index contributed by atoms with van der Waals surface area (Å²) in [5, 5.41) is 0.244. The molecule has 0 radical (unpaired) electrons. The highest BCUT2D eigenvalue weighted by molar-refractivity contribution is 6.31. The van der Waals surface area contributed by atoms with Gasteiger partial charge in [0.25, 0.3) is 5.91 Å². The summed E-state index contributed by atoms with van der Waals surface area (Å²) in [6.45, 7) is 3.28. The third-order valence-corrected chi connectivity index (χ3v) is 5.23. The van der Waals surface area contributed by atoms with Crippen LogP contribution in [0.4, 0.5) is 4.39 Å². The highest BCUT2D eigenvalue weighted by Crippen LogP contribution is 2.28. The number of likely N-dealkylation sites (tertiary alicyclic amines) is 1. The number of carbonyl (C=O) groups excluding carboxylic acids is 1. The molecular weight excluding hydrogens is 367 g/mol. The van der Waals surface area contributed by atoms with Gasteiger partial charge in [0.05, 0.1) is 0 Å². The van der Waals surface area contributed by atoms with Crippen LogP contribution in [0.1, 0.15) is 41.4 Å². The van der Waals surface area contributed by atoms with Gasteiger partial charge < -0.3 is 14.4 Å². The molecule has 7 heteroatoms. The molecule has 0 unspecified atom stereocenters. The number of aromatic nitrogens is 2. The van der Waals surface area contributed by atoms with Crippen LogP contribution in [0.2, 0.25) is 5.02 Å². The molecule has 1 aromatic carbocycles. The lowest BCUT2D eigenvalue weighted by molar-refractivity contribution is 0.0709. The highest BCUT2D eigenvalue weighted by Gasteiger charge is 2.27. The first-order valence-corrected chi connectivity index (χ1v) is 9.73. The molecule has 1 saturated heterocycles. The molecule has 0 saturated carbocycles. The molecule has 1 aromatic heterocycles. The summed E-state index contributed by atoms with van der Waals surface area (Å²) in [5.74, 6) is 0.804. The normalized spacial score (nSPS) is 15.5. The number of halogens is 2. The molecule has 27 heavy (non-hydrogen) atoms. The summed E-state index contributed by atoms with van der Waals surface area (Å²) in [5.41, 5.74) is 0.309. The lowest BCUT2D eigenvalue weighted by Crippen LogP contribution is -2.38. The van der Waals surface area contributed by atoms with Crippen LogP contribution < -0.4 is 0 Å². The van der Waals surface area contributed by atoms with Gasteiger partial charge in [-0.1, -0.05) is 11.6 Å². The first kappa shape index (κ1) is 19.8. The average Bonchev–Trinajstić information content (AvgIpc) is 3.08. The van der Waals surface area contributed by atoms with E-state index in [9.17, 15) is 9.18 Å². The largest absolute Gasteiger partial charge is 0.339 e. The summed E-state index contributed by atoms with van der Waals surface area (Å²) in [4.78, 5) is 21.2. The standard InChI is InChI=1S/C20H26ClFN4O/c1-24(2)7-3-8-25-11-6-23-19(25)15-4-9-26(10-5-15)20(27)16-12-17(21)14-18(22)13-16/h6,11-15H,3-5,7-10H2,1-2H3. The van der Waals surface area contributed by atoms with Gasteiger partial charge in [0.1, 0.15) is 11.6 Å². The van der Waals surface area contributed by atoms with Gasteiger partial charge in [-0.05, 0) is 58.1 Å². The fraction of sp³-hybridized carbons (Fsp3) is 0.500. The maximum Gasteiger partial charge on any atom is 0.254 e. The zero-order valence-electron chi connectivity index (χ0n) is 15.9. The van der Waals surface area contributed by atoms with Crippen LogP contribution in [0.15, 0.2) is 30.6 Å². The van der Waals surface area contributed by atoms with E-state index >= 15 is 0 Å². The lowest BCUT2D eigenvalue weighted by atomic mass is 9.95. The van der Waals surface area contributed by atoms with Gasteiger partial charge in [0, 0.05) is 48.5 Å². The lowest BCUT2D eigenvalue weighted by Gasteiger charge is -2.32. The van der Waals surface area contributed by atoms with E-state index in [2.05, 4.69) is 28.5 Å². The molecule has 1 aliphatic rings. The van der Waals surface area contributed by atoms with Crippen molar-refractivity contribution in [1.82, 2.24) is 19.4 Å². The molecule has 0 bridgehead atoms. The van der Waals surface area contributed by atoms with Crippen LogP contribution in [0, 0.1) is 5.82 Å². The van der Waals surface area contributed by atoms with Crippen LogP contribution in [0.3, 0.4) is 0 Å². The molecule has 3 rings (SSSR count). The minimum Gasteiger partial charge on any atom is -0.339 e. The van der Waals surface area contributed by atoms with Crippen molar-refractivity contribution in [3.8, 4) is 0 Å². The Bertz CT molecular complexity index is 764. The number of hydrogen-bond acceptors (Lipinski definition) is 3. The number of hydrogen-bond donors (Lipinski definition) is 0. The maximum absolute atomic E-state index is 13.5. The van der Waals surface area contributed by atoms with Crippen molar-refractivity contribution in [3.05, 3.63) is 52.8 Å². The molecule has 0 aliphatic carbocycles. The SMILES string of the molecule is CN(C)CCCn1ccnc1C1CCN(C(=O)c2cc(F)cc(Cl)c2)CC1. The number of aryl methyl sites for hydroxylation is 1. The molecule has 2 aromatic rings. The number of benzene rings is 1. The topological polar surface area (TPSA) is 41.4 Å². The smallest absolute Gasteiger partial charge is 0.254 e. The number of piperidine rings is 1. The predicted octanol–water partition coefficient (Wildman–Crippen LogP) is 3.65. The fourth-order valence-electron chi connectivity index (χ4n) is 3.63. The molecule has 1 amide bonds. The van der Waals surface area contributed by atoms with E-state index in [0.29, 0.717) is 24.6 Å². The van der Waals surface area contributed by atoms with Crippen LogP contribution in [-0.2, 0) is 6.54 Å². The van der Waals surface area contributed by atoms with Gasteiger partial charge in [-0.2, -0.15) is 0 Å². The van der Waals surface area contributed by atoms with E-state index in [1.165, 1.54) is 18.2 Å². The minimum absolute atomic E-state index is 0.163. The van der Waals surface area contributed by atoms with Crippen LogP contribution in [0.5, 0.6) is 0 Å². The van der Waals surface area contributed by atoms with Crippen molar-refractivity contribution in [2.45, 2.75) is 31.7 Å². The molecule has 1 fully saturated rings. The van der Waals surface area contributed by atoms with Crippen molar-refractivity contribution >= 4 is 17.5 Å². The van der Waals surface area contributed by atoms with Crippen LogP contribution in [0.25, 0.3) is 0 Å². The summed E-state index contributed by atoms with van der Waals surface area (Å²) in [6.07, 6.45) is 6.70. The van der Waals surface area contributed by atoms with Gasteiger partial charge >= 0.3 is 0 Å². The Labute approximate surface area is 164 Å². The Balaban J connectivity index is 1.59. The molecule has 0 spiro atoms. The molecule has 146 valence electrons. The van der Waals surface area contributed by atoms with E-state index in [4.69, 9.17) is 11.6 Å². The van der Waals surface area contributed by atoms with Gasteiger partial charge in [-0.3, -0.25) is 4.79 Å². The number of amides is 1. The second-order valence-corrected chi connectivity index (χ2v) is 7.80. The van der Waals surface area contributed by atoms with E-state index < -0.39 is 5.82 Å². The molecule has 5 nitrogen and oxygen atoms in total. The summed E-state index contributed by atoms with van der Waals surface area (Å²) < 4.78 is 15.8. The van der Waals surface area contributed by atoms with Crippen LogP contribution in [-0.4, -0.2) is 59.0 Å².